The van der Waals surface area contributed by atoms with Crippen molar-refractivity contribution in [1.82, 2.24) is 20.3 Å². The van der Waals surface area contributed by atoms with Crippen LogP contribution in [-0.2, 0) is 0 Å². The van der Waals surface area contributed by atoms with Crippen LogP contribution in [0.5, 0.6) is 0 Å². The first-order valence-electron chi connectivity index (χ1n) is 5.36. The van der Waals surface area contributed by atoms with Gasteiger partial charge in [0, 0.05) is 11.1 Å². The number of aromatic nitrogens is 3. The number of carbonyl (C=O) groups is 1. The number of nitrogen functional groups attached to an aromatic ring is 1. The molecular weight excluding hydrogens is 250 g/mol. The number of carbonyl (C=O) groups excluding carboxylic acids is 1. The first-order chi connectivity index (χ1) is 8.56. The molecular formula is C11H13N5OS. The van der Waals surface area contributed by atoms with Crippen LogP contribution in [0, 0.1) is 6.92 Å². The number of nitrogens with two attached hydrogens (primary N) is 1. The Bertz CT molecular complexity index is 551. The second-order valence-corrected chi connectivity index (χ2v) is 4.74. The molecule has 94 valence electrons. The lowest BCUT2D eigenvalue weighted by Gasteiger charge is -2.10. The Kier molecular flexibility index (Phi) is 3.52. The zero-order valence-corrected chi connectivity index (χ0v) is 10.9. The minimum Gasteiger partial charge on any atom is -0.382 e. The highest BCUT2D eigenvalue weighted by atomic mass is 32.1. The minimum atomic E-state index is -0.289. The molecule has 0 radical (unpaired) electrons. The summed E-state index contributed by atoms with van der Waals surface area (Å²) in [6, 6.07) is -0.157. The normalized spacial score (nSPS) is 12.1. The predicted molar refractivity (Wildman–Crippen MR) is 69.2 cm³/mol. The molecule has 0 saturated heterocycles. The fraction of sp³-hybridized carbons (Fsp3) is 0.273. The van der Waals surface area contributed by atoms with Crippen molar-refractivity contribution in [1.29, 1.82) is 0 Å². The summed E-state index contributed by atoms with van der Waals surface area (Å²) in [6.45, 7) is 3.79. The predicted octanol–water partition coefficient (Wildman–Crippen LogP) is 1.31. The van der Waals surface area contributed by atoms with Crippen molar-refractivity contribution < 1.29 is 4.79 Å². The summed E-state index contributed by atoms with van der Waals surface area (Å²) in [6.07, 6.45) is 2.71. The van der Waals surface area contributed by atoms with E-state index in [1.807, 2.05) is 19.2 Å². The lowest BCUT2D eigenvalue weighted by atomic mass is 10.3. The van der Waals surface area contributed by atoms with E-state index in [1.54, 1.807) is 0 Å². The molecule has 0 bridgehead atoms. The molecule has 0 aliphatic carbocycles. The highest BCUT2D eigenvalue weighted by molar-refractivity contribution is 7.09. The van der Waals surface area contributed by atoms with E-state index in [9.17, 15) is 4.79 Å². The molecule has 2 aromatic heterocycles. The molecule has 3 N–H and O–H groups in total. The lowest BCUT2D eigenvalue weighted by molar-refractivity contribution is 0.0934. The Morgan fingerprint density at radius 3 is 2.78 bits per heavy atom. The fourth-order valence-corrected chi connectivity index (χ4v) is 2.16. The van der Waals surface area contributed by atoms with Crippen molar-refractivity contribution in [3.05, 3.63) is 34.2 Å². The number of rotatable bonds is 3. The van der Waals surface area contributed by atoms with Gasteiger partial charge in [0.2, 0.25) is 0 Å². The summed E-state index contributed by atoms with van der Waals surface area (Å²) >= 11 is 1.52. The highest BCUT2D eigenvalue weighted by Crippen LogP contribution is 2.17. The van der Waals surface area contributed by atoms with Crippen LogP contribution >= 0.6 is 11.3 Å². The summed E-state index contributed by atoms with van der Waals surface area (Å²) in [7, 11) is 0. The summed E-state index contributed by atoms with van der Waals surface area (Å²) in [5.41, 5.74) is 6.60. The number of anilines is 1. The number of aryl methyl sites for hydroxylation is 1. The molecule has 2 aromatic rings. The average Bonchev–Trinajstić information content (AvgIpc) is 2.76. The van der Waals surface area contributed by atoms with Crippen LogP contribution in [-0.4, -0.2) is 20.9 Å². The van der Waals surface area contributed by atoms with Gasteiger partial charge in [-0.3, -0.25) is 4.79 Å². The van der Waals surface area contributed by atoms with Gasteiger partial charge in [0.05, 0.1) is 18.4 Å². The molecule has 1 amide bonds. The van der Waals surface area contributed by atoms with Gasteiger partial charge in [0.1, 0.15) is 16.5 Å². The number of amides is 1. The number of hydrogen-bond donors (Lipinski definition) is 2. The molecule has 2 heterocycles. The number of nitrogens with zero attached hydrogens (tertiary/aromatic N) is 3. The van der Waals surface area contributed by atoms with Crippen LogP contribution in [0.3, 0.4) is 0 Å². The molecule has 7 heteroatoms. The summed E-state index contributed by atoms with van der Waals surface area (Å²) in [4.78, 5) is 23.9. The second-order valence-electron chi connectivity index (χ2n) is 3.85. The van der Waals surface area contributed by atoms with E-state index in [4.69, 9.17) is 5.73 Å². The van der Waals surface area contributed by atoms with Gasteiger partial charge in [-0.2, -0.15) is 0 Å². The SMILES string of the molecule is Cc1csc(C(C)NC(=O)c2cnc(N)cn2)n1. The summed E-state index contributed by atoms with van der Waals surface area (Å²) < 4.78 is 0. The van der Waals surface area contributed by atoms with E-state index >= 15 is 0 Å². The van der Waals surface area contributed by atoms with Crippen molar-refractivity contribution in [2.75, 3.05) is 5.73 Å². The smallest absolute Gasteiger partial charge is 0.272 e. The first-order valence-corrected chi connectivity index (χ1v) is 6.24. The van der Waals surface area contributed by atoms with E-state index in [1.165, 1.54) is 23.7 Å². The van der Waals surface area contributed by atoms with Crippen molar-refractivity contribution in [2.24, 2.45) is 0 Å². The molecule has 0 aliphatic heterocycles. The van der Waals surface area contributed by atoms with Crippen LogP contribution in [0.4, 0.5) is 5.82 Å². The van der Waals surface area contributed by atoms with Crippen molar-refractivity contribution in [3.63, 3.8) is 0 Å². The first kappa shape index (κ1) is 12.4. The maximum atomic E-state index is 11.9. The second kappa shape index (κ2) is 5.09. The third kappa shape index (κ3) is 2.80. The van der Waals surface area contributed by atoms with Crippen LogP contribution in [0.2, 0.25) is 0 Å². The largest absolute Gasteiger partial charge is 0.382 e. The number of hydrogen-bond acceptors (Lipinski definition) is 6. The standard InChI is InChI=1S/C11H13N5OS/c1-6-5-18-11(15-6)7(2)16-10(17)8-3-14-9(12)4-13-8/h3-5,7H,1-2H3,(H2,12,14)(H,16,17). The Balaban J connectivity index is 2.05. The zero-order valence-electron chi connectivity index (χ0n) is 10.0. The summed E-state index contributed by atoms with van der Waals surface area (Å²) in [5.74, 6) is -0.00185. The minimum absolute atomic E-state index is 0.157. The Morgan fingerprint density at radius 2 is 2.22 bits per heavy atom. The van der Waals surface area contributed by atoms with Gasteiger partial charge in [-0.1, -0.05) is 0 Å². The molecule has 0 fully saturated rings. The molecule has 1 atom stereocenters. The molecule has 0 aromatic carbocycles. The molecule has 2 rings (SSSR count). The molecule has 0 spiro atoms. The van der Waals surface area contributed by atoms with Crippen molar-refractivity contribution in [2.45, 2.75) is 19.9 Å². The maximum absolute atomic E-state index is 11.9. The van der Waals surface area contributed by atoms with Gasteiger partial charge in [0.25, 0.3) is 5.91 Å². The number of thiazole rings is 1. The van der Waals surface area contributed by atoms with Gasteiger partial charge in [-0.25, -0.2) is 15.0 Å². The topological polar surface area (TPSA) is 93.8 Å². The zero-order chi connectivity index (χ0) is 13.1. The van der Waals surface area contributed by atoms with Crippen molar-refractivity contribution >= 4 is 23.1 Å². The quantitative estimate of drug-likeness (QED) is 0.870. The van der Waals surface area contributed by atoms with Crippen LogP contribution in [0.1, 0.15) is 34.2 Å². The van der Waals surface area contributed by atoms with Gasteiger partial charge in [-0.15, -0.1) is 11.3 Å². The Hall–Kier alpha value is -2.02. The van der Waals surface area contributed by atoms with E-state index in [0.29, 0.717) is 0 Å². The molecule has 0 aliphatic rings. The lowest BCUT2D eigenvalue weighted by Crippen LogP contribution is -2.27. The highest BCUT2D eigenvalue weighted by Gasteiger charge is 2.15. The van der Waals surface area contributed by atoms with Crippen molar-refractivity contribution in [3.8, 4) is 0 Å². The van der Waals surface area contributed by atoms with E-state index in [2.05, 4.69) is 20.3 Å². The third-order valence-corrected chi connectivity index (χ3v) is 3.40. The number of nitrogens with one attached hydrogen (secondary N) is 1. The summed E-state index contributed by atoms with van der Waals surface area (Å²) in [5, 5.41) is 5.62. The fourth-order valence-electron chi connectivity index (χ4n) is 1.36. The van der Waals surface area contributed by atoms with Gasteiger partial charge in [-0.05, 0) is 13.8 Å². The van der Waals surface area contributed by atoms with Gasteiger partial charge < -0.3 is 11.1 Å². The van der Waals surface area contributed by atoms with Crippen LogP contribution in [0.15, 0.2) is 17.8 Å². The Labute approximate surface area is 108 Å². The van der Waals surface area contributed by atoms with E-state index < -0.39 is 0 Å². The van der Waals surface area contributed by atoms with Crippen LogP contribution < -0.4 is 11.1 Å². The molecule has 0 saturated carbocycles. The van der Waals surface area contributed by atoms with E-state index in [0.717, 1.165) is 10.7 Å². The molecule has 6 nitrogen and oxygen atoms in total. The maximum Gasteiger partial charge on any atom is 0.272 e. The van der Waals surface area contributed by atoms with Crippen LogP contribution in [0.25, 0.3) is 0 Å². The molecule has 1 unspecified atom stereocenters. The monoisotopic (exact) mass is 263 g/mol. The van der Waals surface area contributed by atoms with Gasteiger partial charge in [0.15, 0.2) is 0 Å². The Morgan fingerprint density at radius 1 is 1.44 bits per heavy atom. The molecule has 18 heavy (non-hydrogen) atoms. The third-order valence-electron chi connectivity index (χ3n) is 2.26. The van der Waals surface area contributed by atoms with E-state index in [-0.39, 0.29) is 23.5 Å². The van der Waals surface area contributed by atoms with Gasteiger partial charge >= 0.3 is 0 Å². The average molecular weight is 263 g/mol.